The van der Waals surface area contributed by atoms with Crippen molar-refractivity contribution in [2.24, 2.45) is 0 Å². The van der Waals surface area contributed by atoms with Crippen LogP contribution in [0.4, 0.5) is 4.79 Å². The quantitative estimate of drug-likeness (QED) is 0.787. The molecule has 2 amide bonds. The first-order chi connectivity index (χ1) is 11.9. The number of amides is 2. The van der Waals surface area contributed by atoms with E-state index in [-0.39, 0.29) is 17.5 Å². The van der Waals surface area contributed by atoms with Crippen molar-refractivity contribution in [3.8, 4) is 5.75 Å². The number of methoxy groups -OCH3 is 1. The average molecular weight is 369 g/mol. The van der Waals surface area contributed by atoms with E-state index in [2.05, 4.69) is 0 Å². The summed E-state index contributed by atoms with van der Waals surface area (Å²) in [6.07, 6.45) is -0.526. The first-order valence-corrected chi connectivity index (χ1v) is 9.68. The molecule has 138 valence electrons. The zero-order chi connectivity index (χ0) is 18.0. The summed E-state index contributed by atoms with van der Waals surface area (Å²) in [5, 5.41) is 0. The molecular formula is C16H23N3O5S. The van der Waals surface area contributed by atoms with Crippen LogP contribution in [0.3, 0.4) is 0 Å². The van der Waals surface area contributed by atoms with Gasteiger partial charge in [0, 0.05) is 26.2 Å². The van der Waals surface area contributed by atoms with Crippen molar-refractivity contribution in [2.75, 3.05) is 46.5 Å². The molecule has 8 nitrogen and oxygen atoms in total. The summed E-state index contributed by atoms with van der Waals surface area (Å²) in [4.78, 5) is 16.2. The molecular weight excluding hydrogens is 346 g/mol. The van der Waals surface area contributed by atoms with Gasteiger partial charge in [0.05, 0.1) is 31.4 Å². The van der Waals surface area contributed by atoms with E-state index in [0.717, 1.165) is 0 Å². The second kappa shape index (κ2) is 7.19. The molecule has 1 atom stereocenters. The van der Waals surface area contributed by atoms with Crippen LogP contribution in [0, 0.1) is 0 Å². The Morgan fingerprint density at radius 3 is 2.36 bits per heavy atom. The number of ether oxygens (including phenoxy) is 2. The molecule has 0 radical (unpaired) electrons. The Bertz CT molecular complexity index is 716. The Morgan fingerprint density at radius 2 is 1.76 bits per heavy atom. The van der Waals surface area contributed by atoms with Gasteiger partial charge in [-0.3, -0.25) is 0 Å². The Kier molecular flexibility index (Phi) is 5.16. The van der Waals surface area contributed by atoms with Crippen LogP contribution in [0.5, 0.6) is 5.75 Å². The number of carbonyl (C=O) groups is 1. The molecule has 9 heteroatoms. The molecule has 3 rings (SSSR count). The van der Waals surface area contributed by atoms with Gasteiger partial charge in [-0.1, -0.05) is 0 Å². The van der Waals surface area contributed by atoms with Crippen molar-refractivity contribution >= 4 is 16.1 Å². The maximum atomic E-state index is 12.9. The van der Waals surface area contributed by atoms with Crippen LogP contribution in [0.1, 0.15) is 6.92 Å². The minimum Gasteiger partial charge on any atom is -0.497 e. The number of urea groups is 1. The highest BCUT2D eigenvalue weighted by Gasteiger charge is 2.41. The lowest BCUT2D eigenvalue weighted by Gasteiger charge is -2.33. The molecule has 1 aromatic carbocycles. The summed E-state index contributed by atoms with van der Waals surface area (Å²) in [5.74, 6) is 0.595. The van der Waals surface area contributed by atoms with Crippen molar-refractivity contribution in [3.05, 3.63) is 24.3 Å². The monoisotopic (exact) mass is 369 g/mol. The first kappa shape index (κ1) is 18.0. The zero-order valence-corrected chi connectivity index (χ0v) is 15.2. The van der Waals surface area contributed by atoms with Gasteiger partial charge in [-0.05, 0) is 31.2 Å². The summed E-state index contributed by atoms with van der Waals surface area (Å²) < 4.78 is 37.5. The fourth-order valence-corrected chi connectivity index (χ4v) is 4.72. The molecule has 0 aromatic heterocycles. The second-order valence-electron chi connectivity index (χ2n) is 6.00. The highest BCUT2D eigenvalue weighted by atomic mass is 32.2. The number of sulfonamides is 1. The van der Waals surface area contributed by atoms with E-state index in [1.165, 1.54) is 23.5 Å². The van der Waals surface area contributed by atoms with E-state index < -0.39 is 16.2 Å². The normalized spacial score (nSPS) is 22.2. The van der Waals surface area contributed by atoms with Gasteiger partial charge in [-0.2, -0.15) is 4.31 Å². The lowest BCUT2D eigenvalue weighted by Crippen LogP contribution is -2.51. The smallest absolute Gasteiger partial charge is 0.321 e. The molecule has 2 saturated heterocycles. The molecule has 2 fully saturated rings. The lowest BCUT2D eigenvalue weighted by molar-refractivity contribution is 0.0410. The van der Waals surface area contributed by atoms with Crippen LogP contribution in [0.15, 0.2) is 29.2 Å². The predicted molar refractivity (Wildman–Crippen MR) is 90.8 cm³/mol. The Labute approximate surface area is 147 Å². The van der Waals surface area contributed by atoms with Crippen LogP contribution in [-0.4, -0.2) is 81.2 Å². The molecule has 0 spiro atoms. The van der Waals surface area contributed by atoms with Crippen LogP contribution in [0.25, 0.3) is 0 Å². The maximum absolute atomic E-state index is 12.9. The molecule has 0 bridgehead atoms. The Balaban J connectivity index is 1.75. The topological polar surface area (TPSA) is 79.4 Å². The van der Waals surface area contributed by atoms with E-state index in [1.807, 2.05) is 0 Å². The lowest BCUT2D eigenvalue weighted by atomic mass is 10.3. The third kappa shape index (κ3) is 3.44. The zero-order valence-electron chi connectivity index (χ0n) is 14.4. The number of hydrogen-bond donors (Lipinski definition) is 0. The van der Waals surface area contributed by atoms with Crippen molar-refractivity contribution in [3.63, 3.8) is 0 Å². The summed E-state index contributed by atoms with van der Waals surface area (Å²) >= 11 is 0. The highest BCUT2D eigenvalue weighted by Crippen LogP contribution is 2.26. The van der Waals surface area contributed by atoms with Crippen LogP contribution >= 0.6 is 0 Å². The summed E-state index contributed by atoms with van der Waals surface area (Å²) in [6.45, 7) is 4.51. The van der Waals surface area contributed by atoms with Crippen molar-refractivity contribution < 1.29 is 22.7 Å². The fraction of sp³-hybridized carbons (Fsp3) is 0.562. The number of benzene rings is 1. The number of carbonyl (C=O) groups excluding carboxylic acids is 1. The number of morpholine rings is 1. The third-order valence-electron chi connectivity index (χ3n) is 4.62. The van der Waals surface area contributed by atoms with Gasteiger partial charge in [0.1, 0.15) is 5.75 Å². The SMILES string of the molecule is COc1ccc(S(=O)(=O)N2CCN(C(=O)N3CCOCC3)[C@@H]2C)cc1. The van der Waals surface area contributed by atoms with Gasteiger partial charge < -0.3 is 19.3 Å². The molecule has 25 heavy (non-hydrogen) atoms. The van der Waals surface area contributed by atoms with Crippen molar-refractivity contribution in [2.45, 2.75) is 18.0 Å². The number of nitrogens with zero attached hydrogens (tertiary/aromatic N) is 3. The molecule has 0 saturated carbocycles. The highest BCUT2D eigenvalue weighted by molar-refractivity contribution is 7.89. The first-order valence-electron chi connectivity index (χ1n) is 8.24. The van der Waals surface area contributed by atoms with E-state index in [9.17, 15) is 13.2 Å². The summed E-state index contributed by atoms with van der Waals surface area (Å²) in [6, 6.07) is 6.14. The summed E-state index contributed by atoms with van der Waals surface area (Å²) in [7, 11) is -2.14. The molecule has 0 aliphatic carbocycles. The van der Waals surface area contributed by atoms with Gasteiger partial charge >= 0.3 is 6.03 Å². The number of hydrogen-bond acceptors (Lipinski definition) is 5. The van der Waals surface area contributed by atoms with Gasteiger partial charge in [-0.15, -0.1) is 0 Å². The minimum atomic E-state index is -3.67. The van der Waals surface area contributed by atoms with Gasteiger partial charge in [-0.25, -0.2) is 13.2 Å². The van der Waals surface area contributed by atoms with Crippen molar-refractivity contribution in [1.82, 2.24) is 14.1 Å². The third-order valence-corrected chi connectivity index (χ3v) is 6.60. The van der Waals surface area contributed by atoms with Crippen LogP contribution in [0.2, 0.25) is 0 Å². The van der Waals surface area contributed by atoms with Crippen LogP contribution < -0.4 is 4.74 Å². The second-order valence-corrected chi connectivity index (χ2v) is 7.89. The molecule has 0 unspecified atom stereocenters. The van der Waals surface area contributed by atoms with Gasteiger partial charge in [0.25, 0.3) is 0 Å². The average Bonchev–Trinajstić information content (AvgIpc) is 3.04. The molecule has 2 heterocycles. The van der Waals surface area contributed by atoms with Gasteiger partial charge in [0.2, 0.25) is 10.0 Å². The van der Waals surface area contributed by atoms with E-state index in [4.69, 9.17) is 9.47 Å². The van der Waals surface area contributed by atoms with Gasteiger partial charge in [0.15, 0.2) is 0 Å². The Hall–Kier alpha value is -1.84. The molecule has 1 aromatic rings. The Morgan fingerprint density at radius 1 is 1.12 bits per heavy atom. The van der Waals surface area contributed by atoms with E-state index in [0.29, 0.717) is 38.6 Å². The molecule has 2 aliphatic rings. The van der Waals surface area contributed by atoms with E-state index >= 15 is 0 Å². The largest absolute Gasteiger partial charge is 0.497 e. The standard InChI is InChI=1S/C16H23N3O5S/c1-13-18(16(20)17-9-11-24-12-10-17)7-8-19(13)25(21,22)15-5-3-14(23-2)4-6-15/h3-6,13H,7-12H2,1-2H3/t13-/m0/s1. The summed E-state index contributed by atoms with van der Waals surface area (Å²) in [5.41, 5.74) is 0. The number of rotatable bonds is 3. The molecule has 0 N–H and O–H groups in total. The maximum Gasteiger partial charge on any atom is 0.321 e. The predicted octanol–water partition coefficient (Wildman–Crippen LogP) is 0.800. The van der Waals surface area contributed by atoms with Crippen molar-refractivity contribution in [1.29, 1.82) is 0 Å². The fourth-order valence-electron chi connectivity index (χ4n) is 3.13. The molecule has 2 aliphatic heterocycles. The van der Waals surface area contributed by atoms with Crippen LogP contribution in [-0.2, 0) is 14.8 Å². The van der Waals surface area contributed by atoms with E-state index in [1.54, 1.807) is 28.9 Å². The minimum absolute atomic E-state index is 0.136.